The van der Waals surface area contributed by atoms with Gasteiger partial charge in [-0.15, -0.1) is 5.10 Å². The van der Waals surface area contributed by atoms with Gasteiger partial charge in [-0.1, -0.05) is 17.3 Å². The highest BCUT2D eigenvalue weighted by Crippen LogP contribution is 2.29. The molecule has 2 fully saturated rings. The van der Waals surface area contributed by atoms with Crippen molar-refractivity contribution in [2.45, 2.75) is 24.9 Å². The Labute approximate surface area is 116 Å². The molecule has 0 bridgehead atoms. The zero-order chi connectivity index (χ0) is 13.4. The molecule has 1 N–H and O–H groups in total. The molecule has 6 heteroatoms. The van der Waals surface area contributed by atoms with Crippen LogP contribution in [0, 0.1) is 0 Å². The van der Waals surface area contributed by atoms with E-state index in [9.17, 15) is 0 Å². The van der Waals surface area contributed by atoms with Crippen LogP contribution in [0.15, 0.2) is 36.7 Å². The average Bonchev–Trinajstić information content (AvgIpc) is 3.09. The molecule has 0 unspecified atom stereocenters. The molecule has 4 rings (SSSR count). The smallest absolute Gasteiger partial charge is 0.113 e. The molecule has 1 aromatic heterocycles. The molecule has 104 valence electrons. The van der Waals surface area contributed by atoms with Crippen LogP contribution >= 0.6 is 0 Å². The number of nitrogens with one attached hydrogen (secondary N) is 1. The highest BCUT2D eigenvalue weighted by molar-refractivity contribution is 5.33. The predicted molar refractivity (Wildman–Crippen MR) is 71.5 cm³/mol. The van der Waals surface area contributed by atoms with Crippen molar-refractivity contribution in [3.63, 3.8) is 0 Å². The third-order valence-electron chi connectivity index (χ3n) is 3.77. The van der Waals surface area contributed by atoms with Crippen LogP contribution < -0.4 is 5.32 Å². The van der Waals surface area contributed by atoms with Crippen molar-refractivity contribution in [1.82, 2.24) is 20.3 Å². The van der Waals surface area contributed by atoms with E-state index in [-0.39, 0.29) is 6.10 Å². The Balaban J connectivity index is 1.37. The van der Waals surface area contributed by atoms with Gasteiger partial charge in [0.15, 0.2) is 0 Å². The summed E-state index contributed by atoms with van der Waals surface area (Å²) >= 11 is 0. The van der Waals surface area contributed by atoms with Crippen LogP contribution in [0.4, 0.5) is 0 Å². The molecular formula is C14H16N4O2. The Morgan fingerprint density at radius 2 is 2.20 bits per heavy atom. The van der Waals surface area contributed by atoms with Crippen LogP contribution in [-0.2, 0) is 16.1 Å². The number of ether oxygens (including phenoxy) is 2. The van der Waals surface area contributed by atoms with E-state index in [1.54, 1.807) is 10.9 Å². The van der Waals surface area contributed by atoms with E-state index in [1.807, 2.05) is 18.3 Å². The summed E-state index contributed by atoms with van der Waals surface area (Å²) in [6.07, 6.45) is 4.32. The lowest BCUT2D eigenvalue weighted by Gasteiger charge is -2.20. The van der Waals surface area contributed by atoms with Gasteiger partial charge in [-0.3, -0.25) is 0 Å². The summed E-state index contributed by atoms with van der Waals surface area (Å²) in [6, 6.07) is 8.14. The number of benzene rings is 1. The minimum atomic E-state index is 0.170. The van der Waals surface area contributed by atoms with E-state index >= 15 is 0 Å². The molecule has 2 aromatic rings. The lowest BCUT2D eigenvalue weighted by Crippen LogP contribution is -2.41. The van der Waals surface area contributed by atoms with Gasteiger partial charge in [0.2, 0.25) is 0 Å². The summed E-state index contributed by atoms with van der Waals surface area (Å²) in [4.78, 5) is 0. The van der Waals surface area contributed by atoms with Gasteiger partial charge in [0.25, 0.3) is 0 Å². The van der Waals surface area contributed by atoms with E-state index in [0.29, 0.717) is 18.8 Å². The molecule has 0 saturated carbocycles. The zero-order valence-electron chi connectivity index (χ0n) is 11.0. The summed E-state index contributed by atoms with van der Waals surface area (Å²) in [5, 5.41) is 11.1. The maximum atomic E-state index is 5.93. The fourth-order valence-corrected chi connectivity index (χ4v) is 2.58. The summed E-state index contributed by atoms with van der Waals surface area (Å²) < 4.78 is 13.2. The summed E-state index contributed by atoms with van der Waals surface area (Å²) in [7, 11) is 0. The van der Waals surface area contributed by atoms with E-state index in [1.165, 1.54) is 0 Å². The van der Waals surface area contributed by atoms with Crippen molar-refractivity contribution in [3.8, 4) is 5.69 Å². The van der Waals surface area contributed by atoms with Gasteiger partial charge in [0.05, 0.1) is 36.9 Å². The Morgan fingerprint density at radius 3 is 3.00 bits per heavy atom. The van der Waals surface area contributed by atoms with Crippen molar-refractivity contribution in [2.24, 2.45) is 0 Å². The van der Waals surface area contributed by atoms with E-state index < -0.39 is 0 Å². The molecule has 2 aliphatic heterocycles. The van der Waals surface area contributed by atoms with Gasteiger partial charge in [0.1, 0.15) is 6.10 Å². The van der Waals surface area contributed by atoms with Crippen molar-refractivity contribution in [2.75, 3.05) is 13.1 Å². The summed E-state index contributed by atoms with van der Waals surface area (Å²) in [6.45, 7) is 2.44. The van der Waals surface area contributed by atoms with Crippen molar-refractivity contribution in [3.05, 3.63) is 42.2 Å². The van der Waals surface area contributed by atoms with Crippen LogP contribution in [0.1, 0.15) is 5.56 Å². The first kappa shape index (κ1) is 12.0. The lowest BCUT2D eigenvalue weighted by molar-refractivity contribution is 0.0211. The second kappa shape index (κ2) is 4.97. The highest BCUT2D eigenvalue weighted by atomic mass is 16.6. The van der Waals surface area contributed by atoms with Crippen LogP contribution in [0.25, 0.3) is 5.69 Å². The quantitative estimate of drug-likeness (QED) is 0.822. The van der Waals surface area contributed by atoms with Gasteiger partial charge in [-0.25, -0.2) is 4.68 Å². The molecule has 0 spiro atoms. The molecule has 20 heavy (non-hydrogen) atoms. The van der Waals surface area contributed by atoms with Gasteiger partial charge in [0, 0.05) is 13.1 Å². The standard InChI is InChI=1S/C14H16N4O2/c1-3-11(18-6-5-16-17-18)4-2-10(1)9-19-12-7-15-8-13-14(12)20-13/h1-6,12-15H,7-9H2/t12-,13-,14+/m1/s1. The molecule has 3 heterocycles. The number of epoxide rings is 1. The van der Waals surface area contributed by atoms with E-state index in [0.717, 1.165) is 24.3 Å². The summed E-state index contributed by atoms with van der Waals surface area (Å²) in [5.74, 6) is 0. The average molecular weight is 272 g/mol. The lowest BCUT2D eigenvalue weighted by atomic mass is 10.1. The number of piperidine rings is 1. The topological polar surface area (TPSA) is 64.5 Å². The third kappa shape index (κ3) is 2.33. The Kier molecular flexibility index (Phi) is 2.99. The monoisotopic (exact) mass is 272 g/mol. The van der Waals surface area contributed by atoms with Gasteiger partial charge >= 0.3 is 0 Å². The fourth-order valence-electron chi connectivity index (χ4n) is 2.58. The second-order valence-electron chi connectivity index (χ2n) is 5.16. The van der Waals surface area contributed by atoms with Gasteiger partial charge in [-0.05, 0) is 17.7 Å². The molecule has 3 atom stereocenters. The first-order valence-corrected chi connectivity index (χ1v) is 6.83. The highest BCUT2D eigenvalue weighted by Gasteiger charge is 2.47. The first-order valence-electron chi connectivity index (χ1n) is 6.83. The Bertz CT molecular complexity index is 569. The maximum absolute atomic E-state index is 5.93. The molecule has 6 nitrogen and oxygen atoms in total. The third-order valence-corrected chi connectivity index (χ3v) is 3.77. The summed E-state index contributed by atoms with van der Waals surface area (Å²) in [5.41, 5.74) is 2.15. The minimum Gasteiger partial charge on any atom is -0.369 e. The van der Waals surface area contributed by atoms with E-state index in [4.69, 9.17) is 9.47 Å². The largest absolute Gasteiger partial charge is 0.369 e. The molecule has 0 amide bonds. The number of fused-ring (bicyclic) bond motifs is 1. The van der Waals surface area contributed by atoms with Crippen molar-refractivity contribution < 1.29 is 9.47 Å². The molecule has 1 aromatic carbocycles. The number of aromatic nitrogens is 3. The van der Waals surface area contributed by atoms with Gasteiger partial charge in [-0.2, -0.15) is 0 Å². The number of hydrogen-bond donors (Lipinski definition) is 1. The molecular weight excluding hydrogens is 256 g/mol. The second-order valence-corrected chi connectivity index (χ2v) is 5.16. The molecule has 2 saturated heterocycles. The molecule has 0 aliphatic carbocycles. The molecule has 0 radical (unpaired) electrons. The van der Waals surface area contributed by atoms with Crippen LogP contribution in [0.3, 0.4) is 0 Å². The van der Waals surface area contributed by atoms with E-state index in [2.05, 4.69) is 27.8 Å². The first-order chi connectivity index (χ1) is 9.90. The molecule has 2 aliphatic rings. The number of nitrogens with zero attached hydrogens (tertiary/aromatic N) is 3. The SMILES string of the molecule is c1cn(-c2ccc(CO[C@@H]3CNC[C@H]4O[C@@H]34)cc2)nn1. The Hall–Kier alpha value is -1.76. The van der Waals surface area contributed by atoms with Crippen LogP contribution in [-0.4, -0.2) is 46.4 Å². The zero-order valence-corrected chi connectivity index (χ0v) is 11.0. The minimum absolute atomic E-state index is 0.170. The number of rotatable bonds is 4. The maximum Gasteiger partial charge on any atom is 0.113 e. The van der Waals surface area contributed by atoms with Crippen LogP contribution in [0.5, 0.6) is 0 Å². The predicted octanol–water partition coefficient (Wildman–Crippen LogP) is 0.523. The number of hydrogen-bond acceptors (Lipinski definition) is 5. The van der Waals surface area contributed by atoms with Gasteiger partial charge < -0.3 is 14.8 Å². The van der Waals surface area contributed by atoms with Crippen molar-refractivity contribution in [1.29, 1.82) is 0 Å². The normalized spacial score (nSPS) is 28.1. The van der Waals surface area contributed by atoms with Crippen LogP contribution in [0.2, 0.25) is 0 Å². The van der Waals surface area contributed by atoms with Crippen molar-refractivity contribution >= 4 is 0 Å². The fraction of sp³-hybridized carbons (Fsp3) is 0.429. The Morgan fingerprint density at radius 1 is 1.30 bits per heavy atom.